The molecule has 2 rings (SSSR count). The van der Waals surface area contributed by atoms with Crippen LogP contribution in [0.25, 0.3) is 0 Å². The number of hydrogen-bond donors (Lipinski definition) is 3. The largest absolute Gasteiger partial charge is 0.354 e. The minimum atomic E-state index is -0.350. The van der Waals surface area contributed by atoms with E-state index in [1.165, 1.54) is 0 Å². The fraction of sp³-hybridized carbons (Fsp3) is 0.727. The Kier molecular flexibility index (Phi) is 3.81. The van der Waals surface area contributed by atoms with Crippen LogP contribution in [0.1, 0.15) is 12.8 Å². The second-order valence-corrected chi connectivity index (χ2v) is 4.63. The zero-order valence-corrected chi connectivity index (χ0v) is 10.1. The number of fused-ring (bicyclic) bond motifs is 1. The number of piperidine rings is 1. The Bertz CT molecular complexity index is 371. The van der Waals surface area contributed by atoms with Crippen LogP contribution in [0.2, 0.25) is 0 Å². The van der Waals surface area contributed by atoms with E-state index in [0.717, 1.165) is 12.8 Å². The third-order valence-electron chi connectivity index (χ3n) is 3.54. The van der Waals surface area contributed by atoms with Gasteiger partial charge in [-0.15, -0.1) is 0 Å². The quantitative estimate of drug-likeness (QED) is 0.531. The molecule has 0 aromatic carbocycles. The first-order valence-corrected chi connectivity index (χ1v) is 6.17. The highest BCUT2D eigenvalue weighted by Crippen LogP contribution is 2.27. The summed E-state index contributed by atoms with van der Waals surface area (Å²) in [6, 6.07) is -0.0615. The SMILES string of the molecule is NCC(=O)NCC(=O)N1CCCC2C(=O)NCC21. The summed E-state index contributed by atoms with van der Waals surface area (Å²) in [4.78, 5) is 36.3. The van der Waals surface area contributed by atoms with Gasteiger partial charge in [0.2, 0.25) is 17.7 Å². The summed E-state index contributed by atoms with van der Waals surface area (Å²) in [6.07, 6.45) is 1.65. The summed E-state index contributed by atoms with van der Waals surface area (Å²) >= 11 is 0. The molecule has 18 heavy (non-hydrogen) atoms. The van der Waals surface area contributed by atoms with Gasteiger partial charge in [-0.25, -0.2) is 0 Å². The van der Waals surface area contributed by atoms with Crippen molar-refractivity contribution >= 4 is 17.7 Å². The van der Waals surface area contributed by atoms with E-state index in [2.05, 4.69) is 10.6 Å². The maximum absolute atomic E-state index is 12.0. The van der Waals surface area contributed by atoms with Gasteiger partial charge in [0, 0.05) is 13.1 Å². The highest BCUT2D eigenvalue weighted by molar-refractivity contribution is 5.87. The zero-order valence-electron chi connectivity index (χ0n) is 10.1. The molecule has 100 valence electrons. The molecular formula is C11H18N4O3. The van der Waals surface area contributed by atoms with Crippen molar-refractivity contribution in [1.29, 1.82) is 0 Å². The van der Waals surface area contributed by atoms with Crippen LogP contribution in [-0.2, 0) is 14.4 Å². The highest BCUT2D eigenvalue weighted by atomic mass is 16.2. The monoisotopic (exact) mass is 254 g/mol. The molecule has 0 aliphatic carbocycles. The number of likely N-dealkylation sites (tertiary alicyclic amines) is 1. The van der Waals surface area contributed by atoms with Gasteiger partial charge in [0.15, 0.2) is 0 Å². The lowest BCUT2D eigenvalue weighted by Gasteiger charge is -2.35. The summed E-state index contributed by atoms with van der Waals surface area (Å²) in [5.74, 6) is -0.558. The van der Waals surface area contributed by atoms with Gasteiger partial charge in [-0.3, -0.25) is 14.4 Å². The van der Waals surface area contributed by atoms with Crippen molar-refractivity contribution in [3.63, 3.8) is 0 Å². The molecule has 0 bridgehead atoms. The molecule has 0 aromatic heterocycles. The second kappa shape index (κ2) is 5.34. The van der Waals surface area contributed by atoms with Crippen molar-refractivity contribution in [2.75, 3.05) is 26.2 Å². The third kappa shape index (κ3) is 2.45. The van der Waals surface area contributed by atoms with Crippen molar-refractivity contribution in [1.82, 2.24) is 15.5 Å². The Hall–Kier alpha value is -1.63. The maximum Gasteiger partial charge on any atom is 0.242 e. The van der Waals surface area contributed by atoms with Crippen LogP contribution in [0.5, 0.6) is 0 Å². The molecular weight excluding hydrogens is 236 g/mol. The van der Waals surface area contributed by atoms with Crippen molar-refractivity contribution in [2.45, 2.75) is 18.9 Å². The van der Waals surface area contributed by atoms with Gasteiger partial charge >= 0.3 is 0 Å². The van der Waals surface area contributed by atoms with E-state index in [1.54, 1.807) is 4.90 Å². The van der Waals surface area contributed by atoms with Crippen molar-refractivity contribution in [2.24, 2.45) is 11.7 Å². The minimum Gasteiger partial charge on any atom is -0.354 e. The van der Waals surface area contributed by atoms with Gasteiger partial charge in [0.05, 0.1) is 25.0 Å². The zero-order chi connectivity index (χ0) is 13.1. The van der Waals surface area contributed by atoms with E-state index in [0.29, 0.717) is 13.1 Å². The topological polar surface area (TPSA) is 105 Å². The first-order chi connectivity index (χ1) is 8.63. The Morgan fingerprint density at radius 2 is 2.28 bits per heavy atom. The summed E-state index contributed by atoms with van der Waals surface area (Å²) in [6.45, 7) is 0.986. The molecule has 2 fully saturated rings. The Morgan fingerprint density at radius 3 is 3.00 bits per heavy atom. The molecule has 4 N–H and O–H groups in total. The second-order valence-electron chi connectivity index (χ2n) is 4.63. The van der Waals surface area contributed by atoms with E-state index in [-0.39, 0.29) is 42.8 Å². The van der Waals surface area contributed by atoms with Crippen LogP contribution >= 0.6 is 0 Å². The van der Waals surface area contributed by atoms with Gasteiger partial charge in [0.1, 0.15) is 0 Å². The average Bonchev–Trinajstić information content (AvgIpc) is 2.77. The van der Waals surface area contributed by atoms with Crippen LogP contribution in [-0.4, -0.2) is 54.8 Å². The van der Waals surface area contributed by atoms with Crippen molar-refractivity contribution in [3.8, 4) is 0 Å². The van der Waals surface area contributed by atoms with Crippen LogP contribution in [0.3, 0.4) is 0 Å². The number of amides is 3. The Balaban J connectivity index is 1.93. The van der Waals surface area contributed by atoms with E-state index >= 15 is 0 Å². The standard InChI is InChI=1S/C11H18N4O3/c12-4-9(16)13-6-10(17)15-3-1-2-7-8(15)5-14-11(7)18/h7-8H,1-6,12H2,(H,13,16)(H,14,18). The number of nitrogens with one attached hydrogen (secondary N) is 2. The average molecular weight is 254 g/mol. The lowest BCUT2D eigenvalue weighted by molar-refractivity contribution is -0.137. The lowest BCUT2D eigenvalue weighted by Crippen LogP contribution is -2.52. The predicted molar refractivity (Wildman–Crippen MR) is 63.3 cm³/mol. The molecule has 0 radical (unpaired) electrons. The molecule has 2 aliphatic heterocycles. The number of nitrogens with zero attached hydrogens (tertiary/aromatic N) is 1. The molecule has 2 saturated heterocycles. The normalized spacial score (nSPS) is 26.5. The molecule has 7 heteroatoms. The fourth-order valence-corrected chi connectivity index (χ4v) is 2.61. The number of hydrogen-bond acceptors (Lipinski definition) is 4. The first-order valence-electron chi connectivity index (χ1n) is 6.17. The van der Waals surface area contributed by atoms with Gasteiger partial charge in [-0.2, -0.15) is 0 Å². The van der Waals surface area contributed by atoms with E-state index in [9.17, 15) is 14.4 Å². The van der Waals surface area contributed by atoms with E-state index in [4.69, 9.17) is 5.73 Å². The van der Waals surface area contributed by atoms with Gasteiger partial charge in [-0.1, -0.05) is 0 Å². The summed E-state index contributed by atoms with van der Waals surface area (Å²) < 4.78 is 0. The van der Waals surface area contributed by atoms with Gasteiger partial charge in [-0.05, 0) is 12.8 Å². The van der Waals surface area contributed by atoms with Crippen molar-refractivity contribution in [3.05, 3.63) is 0 Å². The van der Waals surface area contributed by atoms with Crippen LogP contribution in [0, 0.1) is 5.92 Å². The summed E-state index contributed by atoms with van der Waals surface area (Å²) in [7, 11) is 0. The van der Waals surface area contributed by atoms with Gasteiger partial charge < -0.3 is 21.3 Å². The van der Waals surface area contributed by atoms with Gasteiger partial charge in [0.25, 0.3) is 0 Å². The fourth-order valence-electron chi connectivity index (χ4n) is 2.61. The Morgan fingerprint density at radius 1 is 1.50 bits per heavy atom. The number of nitrogens with two attached hydrogens (primary N) is 1. The van der Waals surface area contributed by atoms with Crippen LogP contribution in [0.15, 0.2) is 0 Å². The predicted octanol–water partition coefficient (Wildman–Crippen LogP) is -2.20. The maximum atomic E-state index is 12.0. The third-order valence-corrected chi connectivity index (χ3v) is 3.54. The van der Waals surface area contributed by atoms with E-state index in [1.807, 2.05) is 0 Å². The minimum absolute atomic E-state index is 0.0310. The lowest BCUT2D eigenvalue weighted by atomic mass is 9.91. The first kappa shape index (κ1) is 12.8. The molecule has 2 aliphatic rings. The molecule has 3 amide bonds. The Labute approximate surface area is 105 Å². The van der Waals surface area contributed by atoms with Crippen LogP contribution in [0.4, 0.5) is 0 Å². The summed E-state index contributed by atoms with van der Waals surface area (Å²) in [5, 5.41) is 5.24. The van der Waals surface area contributed by atoms with Crippen molar-refractivity contribution < 1.29 is 14.4 Å². The number of rotatable bonds is 3. The molecule has 0 saturated carbocycles. The highest BCUT2D eigenvalue weighted by Gasteiger charge is 2.42. The molecule has 2 unspecified atom stereocenters. The van der Waals surface area contributed by atoms with Crippen LogP contribution < -0.4 is 16.4 Å². The molecule has 0 aromatic rings. The molecule has 2 atom stereocenters. The molecule has 2 heterocycles. The molecule has 7 nitrogen and oxygen atoms in total. The smallest absolute Gasteiger partial charge is 0.242 e. The summed E-state index contributed by atoms with van der Waals surface area (Å²) in [5.41, 5.74) is 5.15. The van der Waals surface area contributed by atoms with E-state index < -0.39 is 0 Å². The number of carbonyl (C=O) groups excluding carboxylic acids is 3. The molecule has 0 spiro atoms. The number of carbonyl (C=O) groups is 3.